The van der Waals surface area contributed by atoms with Crippen LogP contribution in [0.3, 0.4) is 0 Å². The van der Waals surface area contributed by atoms with E-state index in [1.54, 1.807) is 18.3 Å². The summed E-state index contributed by atoms with van der Waals surface area (Å²) in [5.41, 5.74) is 3.14. The molecule has 4 nitrogen and oxygen atoms in total. The maximum absolute atomic E-state index is 13.7. The summed E-state index contributed by atoms with van der Waals surface area (Å²) in [5, 5.41) is 3.42. The lowest BCUT2D eigenvalue weighted by Gasteiger charge is -2.36. The molecule has 3 aromatic rings. The average molecular weight is 377 g/mol. The number of ether oxygens (including phenoxy) is 1. The van der Waals surface area contributed by atoms with Gasteiger partial charge in [-0.1, -0.05) is 30.3 Å². The average Bonchev–Trinajstić information content (AvgIpc) is 2.74. The normalized spacial score (nSPS) is 17.4. The van der Waals surface area contributed by atoms with Crippen LogP contribution in [0.5, 0.6) is 5.75 Å². The third kappa shape index (κ3) is 4.74. The van der Waals surface area contributed by atoms with Gasteiger partial charge in [0.25, 0.3) is 0 Å². The van der Waals surface area contributed by atoms with Crippen LogP contribution in [0.4, 0.5) is 4.39 Å². The fourth-order valence-electron chi connectivity index (χ4n) is 3.54. The largest absolute Gasteiger partial charge is 0.487 e. The van der Waals surface area contributed by atoms with E-state index in [4.69, 9.17) is 4.74 Å². The number of aromatic nitrogens is 1. The molecule has 1 atom stereocenters. The molecule has 0 aliphatic carbocycles. The van der Waals surface area contributed by atoms with Crippen molar-refractivity contribution in [3.8, 4) is 5.75 Å². The van der Waals surface area contributed by atoms with Crippen LogP contribution in [0, 0.1) is 5.82 Å². The predicted molar refractivity (Wildman–Crippen MR) is 107 cm³/mol. The highest BCUT2D eigenvalue weighted by atomic mass is 19.1. The van der Waals surface area contributed by atoms with Gasteiger partial charge < -0.3 is 10.1 Å². The molecule has 0 radical (unpaired) electrons. The Kier molecular flexibility index (Phi) is 5.95. The van der Waals surface area contributed by atoms with Gasteiger partial charge in [0.2, 0.25) is 0 Å². The van der Waals surface area contributed by atoms with Crippen LogP contribution in [-0.4, -0.2) is 29.5 Å². The Morgan fingerprint density at radius 3 is 2.75 bits per heavy atom. The summed E-state index contributed by atoms with van der Waals surface area (Å²) < 4.78 is 19.5. The summed E-state index contributed by atoms with van der Waals surface area (Å²) >= 11 is 0. The lowest BCUT2D eigenvalue weighted by Crippen LogP contribution is -2.45. The van der Waals surface area contributed by atoms with Gasteiger partial charge in [0.15, 0.2) is 0 Å². The van der Waals surface area contributed by atoms with E-state index < -0.39 is 0 Å². The summed E-state index contributed by atoms with van der Waals surface area (Å²) in [6.45, 7) is 3.98. The number of hydrogen-bond acceptors (Lipinski definition) is 4. The Bertz CT molecular complexity index is 886. The molecule has 2 heterocycles. The maximum Gasteiger partial charge on any atom is 0.130 e. The fraction of sp³-hybridized carbons (Fsp3) is 0.261. The number of nitrogens with zero attached hydrogens (tertiary/aromatic N) is 2. The van der Waals surface area contributed by atoms with E-state index in [2.05, 4.69) is 27.3 Å². The topological polar surface area (TPSA) is 37.4 Å². The first-order valence-corrected chi connectivity index (χ1v) is 9.60. The third-order valence-corrected chi connectivity index (χ3v) is 5.01. The van der Waals surface area contributed by atoms with Crippen molar-refractivity contribution in [1.29, 1.82) is 0 Å². The number of nitrogens with one attached hydrogen (secondary N) is 1. The Morgan fingerprint density at radius 2 is 1.96 bits per heavy atom. The van der Waals surface area contributed by atoms with E-state index in [0.717, 1.165) is 43.2 Å². The van der Waals surface area contributed by atoms with Crippen LogP contribution in [0.1, 0.15) is 22.9 Å². The second kappa shape index (κ2) is 8.95. The Morgan fingerprint density at radius 1 is 1.07 bits per heavy atom. The molecule has 1 aromatic heterocycles. The molecule has 1 unspecified atom stereocenters. The van der Waals surface area contributed by atoms with Crippen LogP contribution < -0.4 is 10.1 Å². The van der Waals surface area contributed by atoms with Crippen LogP contribution in [-0.2, 0) is 13.2 Å². The molecule has 1 fully saturated rings. The van der Waals surface area contributed by atoms with E-state index in [1.165, 1.54) is 11.6 Å². The predicted octanol–water partition coefficient (Wildman–Crippen LogP) is 3.95. The van der Waals surface area contributed by atoms with Crippen molar-refractivity contribution in [2.45, 2.75) is 19.2 Å². The van der Waals surface area contributed by atoms with Gasteiger partial charge in [0.05, 0.1) is 5.69 Å². The molecule has 1 aliphatic rings. The minimum absolute atomic E-state index is 0.171. The van der Waals surface area contributed by atoms with Crippen molar-refractivity contribution >= 4 is 0 Å². The summed E-state index contributed by atoms with van der Waals surface area (Å²) in [6, 6.07) is 21.1. The van der Waals surface area contributed by atoms with E-state index >= 15 is 0 Å². The molecule has 4 rings (SSSR count). The van der Waals surface area contributed by atoms with Crippen molar-refractivity contribution in [2.24, 2.45) is 0 Å². The third-order valence-electron chi connectivity index (χ3n) is 5.01. The first-order chi connectivity index (χ1) is 13.8. The lowest BCUT2D eigenvalue weighted by molar-refractivity contribution is 0.153. The molecule has 1 N–H and O–H groups in total. The Hall–Kier alpha value is -2.76. The minimum atomic E-state index is -0.183. The number of benzene rings is 2. The zero-order valence-electron chi connectivity index (χ0n) is 15.7. The smallest absolute Gasteiger partial charge is 0.130 e. The molecule has 0 bridgehead atoms. The number of hydrogen-bond donors (Lipinski definition) is 1. The second-order valence-corrected chi connectivity index (χ2v) is 7.00. The van der Waals surface area contributed by atoms with Crippen molar-refractivity contribution < 1.29 is 9.13 Å². The van der Waals surface area contributed by atoms with Crippen molar-refractivity contribution in [3.63, 3.8) is 0 Å². The Labute approximate surface area is 165 Å². The summed E-state index contributed by atoms with van der Waals surface area (Å²) in [6.07, 6.45) is 1.77. The van der Waals surface area contributed by atoms with E-state index in [-0.39, 0.29) is 11.9 Å². The highest BCUT2D eigenvalue weighted by Gasteiger charge is 2.24. The number of halogens is 1. The van der Waals surface area contributed by atoms with Gasteiger partial charge in [-0.05, 0) is 47.5 Å². The quantitative estimate of drug-likeness (QED) is 0.706. The monoisotopic (exact) mass is 377 g/mol. The van der Waals surface area contributed by atoms with E-state index in [9.17, 15) is 4.39 Å². The second-order valence-electron chi connectivity index (χ2n) is 7.00. The van der Waals surface area contributed by atoms with Crippen LogP contribution in [0.25, 0.3) is 0 Å². The van der Waals surface area contributed by atoms with Gasteiger partial charge >= 0.3 is 0 Å². The van der Waals surface area contributed by atoms with E-state index in [1.807, 2.05) is 36.4 Å². The molecule has 5 heteroatoms. The standard InChI is InChI=1S/C23H24FN3O/c24-20-5-3-4-19(14-20)23-15-25-12-13-27(23)16-18-7-9-22(10-8-18)28-17-21-6-1-2-11-26-21/h1-11,14,23,25H,12-13,15-17H2. The summed E-state index contributed by atoms with van der Waals surface area (Å²) in [4.78, 5) is 6.67. The zero-order valence-corrected chi connectivity index (χ0v) is 15.7. The van der Waals surface area contributed by atoms with Gasteiger partial charge in [0.1, 0.15) is 18.2 Å². The molecule has 0 amide bonds. The van der Waals surface area contributed by atoms with Crippen molar-refractivity contribution in [3.05, 3.63) is 95.6 Å². The Balaban J connectivity index is 1.39. The summed E-state index contributed by atoms with van der Waals surface area (Å²) in [7, 11) is 0. The first-order valence-electron chi connectivity index (χ1n) is 9.60. The van der Waals surface area contributed by atoms with Crippen molar-refractivity contribution in [1.82, 2.24) is 15.2 Å². The number of piperazine rings is 1. The molecule has 0 spiro atoms. The molecule has 1 aliphatic heterocycles. The highest BCUT2D eigenvalue weighted by molar-refractivity contribution is 5.28. The molecule has 28 heavy (non-hydrogen) atoms. The van der Waals surface area contributed by atoms with Crippen LogP contribution >= 0.6 is 0 Å². The van der Waals surface area contributed by atoms with Gasteiger partial charge in [-0.3, -0.25) is 9.88 Å². The van der Waals surface area contributed by atoms with Crippen molar-refractivity contribution in [2.75, 3.05) is 19.6 Å². The van der Waals surface area contributed by atoms with E-state index in [0.29, 0.717) is 6.61 Å². The fourth-order valence-corrected chi connectivity index (χ4v) is 3.54. The number of pyridine rings is 1. The highest BCUT2D eigenvalue weighted by Crippen LogP contribution is 2.25. The molecular weight excluding hydrogens is 353 g/mol. The van der Waals surface area contributed by atoms with Gasteiger partial charge in [-0.25, -0.2) is 4.39 Å². The molecule has 144 valence electrons. The molecule has 0 saturated carbocycles. The lowest BCUT2D eigenvalue weighted by atomic mass is 10.0. The van der Waals surface area contributed by atoms with Gasteiger partial charge in [-0.2, -0.15) is 0 Å². The molecular formula is C23H24FN3O. The zero-order chi connectivity index (χ0) is 19.2. The number of rotatable bonds is 6. The SMILES string of the molecule is Fc1cccc(C2CNCCN2Cc2ccc(OCc3ccccn3)cc2)c1. The minimum Gasteiger partial charge on any atom is -0.487 e. The van der Waals surface area contributed by atoms with Gasteiger partial charge in [0, 0.05) is 38.4 Å². The molecule has 2 aromatic carbocycles. The van der Waals surface area contributed by atoms with Gasteiger partial charge in [-0.15, -0.1) is 0 Å². The molecule has 1 saturated heterocycles. The van der Waals surface area contributed by atoms with Crippen LogP contribution in [0.2, 0.25) is 0 Å². The van der Waals surface area contributed by atoms with Crippen LogP contribution in [0.15, 0.2) is 72.9 Å². The maximum atomic E-state index is 13.7. The first kappa shape index (κ1) is 18.6. The summed E-state index contributed by atoms with van der Waals surface area (Å²) in [5.74, 6) is 0.647.